The minimum Gasteiger partial charge on any atom is -0.365 e. The molecular formula is C21H21ClN8O. The molecule has 3 heterocycles. The molecule has 0 spiro atoms. The molecule has 0 radical (unpaired) electrons. The number of hydrogen-bond acceptors (Lipinski definition) is 7. The smallest absolute Gasteiger partial charge is 0.244 e. The van der Waals surface area contributed by atoms with Crippen LogP contribution in [0.5, 0.6) is 0 Å². The van der Waals surface area contributed by atoms with Gasteiger partial charge in [-0.15, -0.1) is 0 Å². The number of nitrogens with zero attached hydrogens (tertiary/aromatic N) is 6. The van der Waals surface area contributed by atoms with Crippen LogP contribution >= 0.6 is 11.6 Å². The maximum atomic E-state index is 12.4. The summed E-state index contributed by atoms with van der Waals surface area (Å²) in [6.07, 6.45) is 5.56. The van der Waals surface area contributed by atoms with Crippen molar-refractivity contribution in [2.75, 3.05) is 23.7 Å². The molecule has 1 fully saturated rings. The first kappa shape index (κ1) is 20.6. The highest BCUT2D eigenvalue weighted by molar-refractivity contribution is 6.32. The van der Waals surface area contributed by atoms with Crippen LogP contribution in [0.25, 0.3) is 0 Å². The van der Waals surface area contributed by atoms with Gasteiger partial charge in [0.15, 0.2) is 5.82 Å². The number of nitriles is 1. The average Bonchev–Trinajstić information content (AvgIpc) is 3.44. The van der Waals surface area contributed by atoms with Crippen LogP contribution in [0.4, 0.5) is 17.5 Å². The van der Waals surface area contributed by atoms with E-state index < -0.39 is 0 Å². The lowest BCUT2D eigenvalue weighted by Gasteiger charge is -2.15. The van der Waals surface area contributed by atoms with E-state index in [1.807, 2.05) is 30.3 Å². The number of carbonyl (C=O) groups is 1. The molecule has 1 amide bonds. The van der Waals surface area contributed by atoms with Gasteiger partial charge in [0, 0.05) is 25.8 Å². The number of nitrogens with one attached hydrogen (secondary N) is 2. The van der Waals surface area contributed by atoms with Crippen molar-refractivity contribution >= 4 is 35.0 Å². The molecule has 4 rings (SSSR count). The van der Waals surface area contributed by atoms with Crippen molar-refractivity contribution in [2.45, 2.75) is 19.5 Å². The Morgan fingerprint density at radius 3 is 2.90 bits per heavy atom. The van der Waals surface area contributed by atoms with E-state index in [4.69, 9.17) is 16.9 Å². The zero-order chi connectivity index (χ0) is 21.6. The highest BCUT2D eigenvalue weighted by Gasteiger charge is 2.26. The second-order valence-corrected chi connectivity index (χ2v) is 7.64. The zero-order valence-electron chi connectivity index (χ0n) is 16.7. The number of anilines is 3. The first-order chi connectivity index (χ1) is 15.1. The Kier molecular flexibility index (Phi) is 6.29. The number of aromatic nitrogens is 4. The van der Waals surface area contributed by atoms with Gasteiger partial charge in [-0.1, -0.05) is 41.9 Å². The van der Waals surface area contributed by atoms with E-state index in [0.717, 1.165) is 12.0 Å². The Balaban J connectivity index is 1.36. The van der Waals surface area contributed by atoms with E-state index in [0.29, 0.717) is 42.1 Å². The summed E-state index contributed by atoms with van der Waals surface area (Å²) in [5.74, 6) is 0.752. The molecular weight excluding hydrogens is 416 g/mol. The van der Waals surface area contributed by atoms with Crippen molar-refractivity contribution in [3.05, 3.63) is 59.5 Å². The quantitative estimate of drug-likeness (QED) is 0.585. The molecule has 0 bridgehead atoms. The molecule has 0 aliphatic carbocycles. The van der Waals surface area contributed by atoms with Crippen molar-refractivity contribution in [1.29, 1.82) is 5.26 Å². The molecule has 0 unspecified atom stereocenters. The van der Waals surface area contributed by atoms with E-state index in [1.54, 1.807) is 22.0 Å². The SMILES string of the molecule is N#C[C@H]1CCN(C(=O)Cn2cc(Nc3ncc(Cl)c(NCc4ccccc4)n3)cn2)C1. The third kappa shape index (κ3) is 5.29. The Morgan fingerprint density at radius 2 is 2.13 bits per heavy atom. The van der Waals surface area contributed by atoms with Crippen LogP contribution in [-0.2, 0) is 17.9 Å². The standard InChI is InChI=1S/C21H21ClN8O/c22-18-11-25-21(28-20(18)24-9-15-4-2-1-3-5-15)27-17-10-26-30(13-17)14-19(31)29-7-6-16(8-23)12-29/h1-5,10-11,13,16H,6-7,9,12,14H2,(H2,24,25,27,28)/t16-/m1/s1. The Hall–Kier alpha value is -3.64. The molecule has 9 nitrogen and oxygen atoms in total. The molecule has 31 heavy (non-hydrogen) atoms. The minimum atomic E-state index is -0.0782. The van der Waals surface area contributed by atoms with Crippen LogP contribution in [0.3, 0.4) is 0 Å². The summed E-state index contributed by atoms with van der Waals surface area (Å²) >= 11 is 6.22. The Morgan fingerprint density at radius 1 is 1.29 bits per heavy atom. The predicted octanol–water partition coefficient (Wildman–Crippen LogP) is 3.05. The summed E-state index contributed by atoms with van der Waals surface area (Å²) in [4.78, 5) is 22.7. The number of rotatable bonds is 7. The van der Waals surface area contributed by atoms with Gasteiger partial charge in [-0.2, -0.15) is 15.3 Å². The number of halogens is 1. The monoisotopic (exact) mass is 436 g/mol. The van der Waals surface area contributed by atoms with Gasteiger partial charge in [0.05, 0.1) is 30.1 Å². The van der Waals surface area contributed by atoms with E-state index in [9.17, 15) is 4.79 Å². The van der Waals surface area contributed by atoms with Crippen molar-refractivity contribution < 1.29 is 4.79 Å². The lowest BCUT2D eigenvalue weighted by Crippen LogP contribution is -2.31. The van der Waals surface area contributed by atoms with Crippen molar-refractivity contribution in [3.8, 4) is 6.07 Å². The average molecular weight is 437 g/mol. The van der Waals surface area contributed by atoms with Crippen LogP contribution in [0, 0.1) is 17.2 Å². The molecule has 0 saturated carbocycles. The third-order valence-corrected chi connectivity index (χ3v) is 5.23. The maximum Gasteiger partial charge on any atom is 0.244 e. The highest BCUT2D eigenvalue weighted by Crippen LogP contribution is 2.22. The topological polar surface area (TPSA) is 112 Å². The van der Waals surface area contributed by atoms with Crippen LogP contribution < -0.4 is 10.6 Å². The van der Waals surface area contributed by atoms with Gasteiger partial charge >= 0.3 is 0 Å². The van der Waals surface area contributed by atoms with Crippen molar-refractivity contribution in [1.82, 2.24) is 24.6 Å². The summed E-state index contributed by atoms with van der Waals surface area (Å²) in [5, 5.41) is 19.9. The fourth-order valence-corrected chi connectivity index (χ4v) is 3.47. The van der Waals surface area contributed by atoms with Crippen LogP contribution in [0.2, 0.25) is 5.02 Å². The van der Waals surface area contributed by atoms with E-state index >= 15 is 0 Å². The van der Waals surface area contributed by atoms with Gasteiger partial charge in [-0.3, -0.25) is 9.48 Å². The molecule has 1 saturated heterocycles. The molecule has 1 aliphatic rings. The largest absolute Gasteiger partial charge is 0.365 e. The lowest BCUT2D eigenvalue weighted by molar-refractivity contribution is -0.131. The van der Waals surface area contributed by atoms with E-state index in [2.05, 4.69) is 31.8 Å². The molecule has 3 aromatic rings. The molecule has 1 aliphatic heterocycles. The van der Waals surface area contributed by atoms with Gasteiger partial charge in [-0.05, 0) is 12.0 Å². The van der Waals surface area contributed by atoms with Crippen molar-refractivity contribution in [3.63, 3.8) is 0 Å². The maximum absolute atomic E-state index is 12.4. The van der Waals surface area contributed by atoms with Gasteiger partial charge in [0.25, 0.3) is 0 Å². The Labute approximate surface area is 184 Å². The number of carbonyl (C=O) groups excluding carboxylic acids is 1. The van der Waals surface area contributed by atoms with Crippen molar-refractivity contribution in [2.24, 2.45) is 5.92 Å². The van der Waals surface area contributed by atoms with Gasteiger partial charge in [0.1, 0.15) is 11.6 Å². The highest BCUT2D eigenvalue weighted by atomic mass is 35.5. The first-order valence-electron chi connectivity index (χ1n) is 9.88. The summed E-state index contributed by atoms with van der Waals surface area (Å²) in [6, 6.07) is 12.1. The summed E-state index contributed by atoms with van der Waals surface area (Å²) < 4.78 is 1.55. The van der Waals surface area contributed by atoms with Crippen LogP contribution in [0.15, 0.2) is 48.9 Å². The summed E-state index contributed by atoms with van der Waals surface area (Å²) in [5.41, 5.74) is 1.76. The fourth-order valence-electron chi connectivity index (χ4n) is 3.31. The molecule has 2 N–H and O–H groups in total. The summed E-state index contributed by atoms with van der Waals surface area (Å²) in [6.45, 7) is 1.80. The number of hydrogen-bond donors (Lipinski definition) is 2. The molecule has 1 aromatic carbocycles. The third-order valence-electron chi connectivity index (χ3n) is 4.96. The molecule has 10 heteroatoms. The Bertz CT molecular complexity index is 1090. The van der Waals surface area contributed by atoms with Gasteiger partial charge in [-0.25, -0.2) is 4.98 Å². The number of likely N-dealkylation sites (tertiary alicyclic amines) is 1. The molecule has 2 aromatic heterocycles. The molecule has 158 valence electrons. The molecule has 1 atom stereocenters. The second-order valence-electron chi connectivity index (χ2n) is 7.24. The number of benzene rings is 1. The minimum absolute atomic E-state index is 0.0532. The summed E-state index contributed by atoms with van der Waals surface area (Å²) in [7, 11) is 0. The van der Waals surface area contributed by atoms with Gasteiger partial charge in [0.2, 0.25) is 11.9 Å². The predicted molar refractivity (Wildman–Crippen MR) is 117 cm³/mol. The lowest BCUT2D eigenvalue weighted by atomic mass is 10.1. The fraction of sp³-hybridized carbons (Fsp3) is 0.286. The second kappa shape index (κ2) is 9.45. The van der Waals surface area contributed by atoms with Crippen LogP contribution in [-0.4, -0.2) is 43.6 Å². The van der Waals surface area contributed by atoms with Crippen LogP contribution in [0.1, 0.15) is 12.0 Å². The normalized spacial score (nSPS) is 15.5. The van der Waals surface area contributed by atoms with E-state index in [1.165, 1.54) is 6.20 Å². The van der Waals surface area contributed by atoms with Gasteiger partial charge < -0.3 is 15.5 Å². The number of amides is 1. The van der Waals surface area contributed by atoms with E-state index in [-0.39, 0.29) is 18.4 Å². The first-order valence-corrected chi connectivity index (χ1v) is 10.3. The zero-order valence-corrected chi connectivity index (χ0v) is 17.5.